The van der Waals surface area contributed by atoms with E-state index in [9.17, 15) is 13.2 Å². The lowest BCUT2D eigenvalue weighted by Crippen LogP contribution is -2.23. The smallest absolute Gasteiger partial charge is 0.159 e. The molecule has 0 aliphatic carbocycles. The summed E-state index contributed by atoms with van der Waals surface area (Å²) in [4.78, 5) is 0. The zero-order valence-corrected chi connectivity index (χ0v) is 11.4. The van der Waals surface area contributed by atoms with Crippen LogP contribution in [-0.2, 0) is 0 Å². The molecule has 1 nitrogen and oxygen atoms in total. The number of nitrogens with one attached hydrogen (secondary N) is 1. The highest BCUT2D eigenvalue weighted by Gasteiger charge is 2.18. The van der Waals surface area contributed by atoms with Gasteiger partial charge in [-0.15, -0.1) is 0 Å². The average Bonchev–Trinajstić information content (AvgIpc) is 2.40. The lowest BCUT2D eigenvalue weighted by atomic mass is 9.97. The molecule has 0 aromatic heterocycles. The predicted molar refractivity (Wildman–Crippen MR) is 73.0 cm³/mol. The summed E-state index contributed by atoms with van der Waals surface area (Å²) in [6.07, 6.45) is 0. The van der Waals surface area contributed by atoms with Crippen LogP contribution >= 0.6 is 0 Å². The highest BCUT2D eigenvalue weighted by molar-refractivity contribution is 5.35. The molecule has 20 heavy (non-hydrogen) atoms. The molecule has 0 fully saturated rings. The first-order chi connectivity index (χ1) is 9.52. The first-order valence-corrected chi connectivity index (χ1v) is 6.47. The highest BCUT2D eigenvalue weighted by Crippen LogP contribution is 2.26. The van der Waals surface area contributed by atoms with E-state index < -0.39 is 17.7 Å². The van der Waals surface area contributed by atoms with Gasteiger partial charge in [0.05, 0.1) is 6.04 Å². The molecule has 0 aliphatic heterocycles. The molecule has 2 aromatic carbocycles. The van der Waals surface area contributed by atoms with Crippen molar-refractivity contribution < 1.29 is 13.2 Å². The molecule has 2 rings (SSSR count). The van der Waals surface area contributed by atoms with Gasteiger partial charge >= 0.3 is 0 Å². The van der Waals surface area contributed by atoms with Gasteiger partial charge in [-0.1, -0.05) is 25.1 Å². The highest BCUT2D eigenvalue weighted by atomic mass is 19.2. The minimum atomic E-state index is -0.932. The van der Waals surface area contributed by atoms with Crippen LogP contribution in [0.4, 0.5) is 13.2 Å². The van der Waals surface area contributed by atoms with E-state index in [1.807, 2.05) is 6.92 Å². The van der Waals surface area contributed by atoms with Crippen LogP contribution in [0.2, 0.25) is 0 Å². The van der Waals surface area contributed by atoms with Crippen molar-refractivity contribution in [3.63, 3.8) is 0 Å². The molecule has 0 heterocycles. The van der Waals surface area contributed by atoms with Gasteiger partial charge in [0.15, 0.2) is 11.6 Å². The molecule has 0 aliphatic rings. The molecule has 106 valence electrons. The van der Waals surface area contributed by atoms with Crippen LogP contribution < -0.4 is 5.32 Å². The zero-order valence-electron chi connectivity index (χ0n) is 11.4. The molecule has 0 amide bonds. The van der Waals surface area contributed by atoms with Crippen molar-refractivity contribution in [2.75, 3.05) is 6.54 Å². The molecule has 0 bridgehead atoms. The van der Waals surface area contributed by atoms with E-state index in [1.165, 1.54) is 12.1 Å². The van der Waals surface area contributed by atoms with Crippen molar-refractivity contribution >= 4 is 0 Å². The summed E-state index contributed by atoms with van der Waals surface area (Å²) in [6.45, 7) is 4.25. The van der Waals surface area contributed by atoms with Gasteiger partial charge in [0.25, 0.3) is 0 Å². The third-order valence-electron chi connectivity index (χ3n) is 3.15. The molecule has 0 spiro atoms. The summed E-state index contributed by atoms with van der Waals surface area (Å²) in [5, 5.41) is 3.09. The molecule has 0 radical (unpaired) electrons. The van der Waals surface area contributed by atoms with Gasteiger partial charge in [-0.25, -0.2) is 13.2 Å². The van der Waals surface area contributed by atoms with Crippen LogP contribution in [0.3, 0.4) is 0 Å². The fourth-order valence-corrected chi connectivity index (χ4v) is 2.17. The summed E-state index contributed by atoms with van der Waals surface area (Å²) < 4.78 is 40.5. The molecular formula is C16H16F3N. The lowest BCUT2D eigenvalue weighted by molar-refractivity contribution is 0.502. The van der Waals surface area contributed by atoms with Crippen LogP contribution in [0.5, 0.6) is 0 Å². The second-order valence-electron chi connectivity index (χ2n) is 4.69. The van der Waals surface area contributed by atoms with E-state index in [0.717, 1.165) is 17.7 Å². The van der Waals surface area contributed by atoms with Gasteiger partial charge < -0.3 is 5.32 Å². The SMILES string of the molecule is CCNC(c1ccc(F)c(F)c1)c1ccc(C)cc1F. The molecule has 0 saturated heterocycles. The van der Waals surface area contributed by atoms with Crippen molar-refractivity contribution in [2.45, 2.75) is 19.9 Å². The van der Waals surface area contributed by atoms with Crippen molar-refractivity contribution in [1.29, 1.82) is 0 Å². The van der Waals surface area contributed by atoms with E-state index in [0.29, 0.717) is 17.7 Å². The molecule has 1 atom stereocenters. The van der Waals surface area contributed by atoms with E-state index in [1.54, 1.807) is 19.1 Å². The lowest BCUT2D eigenvalue weighted by Gasteiger charge is -2.20. The summed E-state index contributed by atoms with van der Waals surface area (Å²) in [5.74, 6) is -2.20. The standard InChI is InChI=1S/C16H16F3N/c1-3-20-16(11-5-7-13(17)15(19)9-11)12-6-4-10(2)8-14(12)18/h4-9,16,20H,3H2,1-2H3. The Morgan fingerprint density at radius 1 is 0.950 bits per heavy atom. The van der Waals surface area contributed by atoms with Crippen molar-refractivity contribution in [2.24, 2.45) is 0 Å². The van der Waals surface area contributed by atoms with Gasteiger partial charge in [-0.2, -0.15) is 0 Å². The Hall–Kier alpha value is -1.81. The number of rotatable bonds is 4. The number of halogens is 3. The number of hydrogen-bond donors (Lipinski definition) is 1. The van der Waals surface area contributed by atoms with Crippen LogP contribution in [-0.4, -0.2) is 6.54 Å². The summed E-state index contributed by atoms with van der Waals surface area (Å²) in [5.41, 5.74) is 1.73. The Bertz CT molecular complexity index is 611. The largest absolute Gasteiger partial charge is 0.306 e. The second-order valence-corrected chi connectivity index (χ2v) is 4.69. The maximum atomic E-state index is 14.1. The van der Waals surface area contributed by atoms with E-state index in [4.69, 9.17) is 0 Å². The van der Waals surface area contributed by atoms with Crippen molar-refractivity contribution in [3.05, 3.63) is 70.5 Å². The quantitative estimate of drug-likeness (QED) is 0.888. The van der Waals surface area contributed by atoms with Crippen LogP contribution in [0.1, 0.15) is 29.7 Å². The van der Waals surface area contributed by atoms with Crippen molar-refractivity contribution in [3.8, 4) is 0 Å². The third-order valence-corrected chi connectivity index (χ3v) is 3.15. The predicted octanol–water partition coefficient (Wildman–Crippen LogP) is 4.11. The van der Waals surface area contributed by atoms with Crippen LogP contribution in [0.15, 0.2) is 36.4 Å². The summed E-state index contributed by atoms with van der Waals surface area (Å²) in [6, 6.07) is 8.01. The van der Waals surface area contributed by atoms with Crippen LogP contribution in [0.25, 0.3) is 0 Å². The van der Waals surface area contributed by atoms with Crippen LogP contribution in [0, 0.1) is 24.4 Å². The second kappa shape index (κ2) is 6.09. The fourth-order valence-electron chi connectivity index (χ4n) is 2.17. The Morgan fingerprint density at radius 3 is 2.30 bits per heavy atom. The molecule has 1 unspecified atom stereocenters. The molecule has 2 aromatic rings. The first-order valence-electron chi connectivity index (χ1n) is 6.47. The molecular weight excluding hydrogens is 263 g/mol. The number of aryl methyl sites for hydroxylation is 1. The molecule has 1 N–H and O–H groups in total. The van der Waals surface area contributed by atoms with Gasteiger partial charge in [-0.3, -0.25) is 0 Å². The number of hydrogen-bond acceptors (Lipinski definition) is 1. The first kappa shape index (κ1) is 14.6. The van der Waals surface area contributed by atoms with Gasteiger partial charge in [0, 0.05) is 5.56 Å². The minimum absolute atomic E-state index is 0.360. The maximum absolute atomic E-state index is 14.1. The average molecular weight is 279 g/mol. The summed E-state index contributed by atoms with van der Waals surface area (Å²) >= 11 is 0. The van der Waals surface area contributed by atoms with Crippen molar-refractivity contribution in [1.82, 2.24) is 5.32 Å². The Labute approximate surface area is 116 Å². The third kappa shape index (κ3) is 3.02. The Kier molecular flexibility index (Phi) is 4.45. The minimum Gasteiger partial charge on any atom is -0.306 e. The van der Waals surface area contributed by atoms with Gasteiger partial charge in [-0.05, 0) is 42.8 Å². The summed E-state index contributed by atoms with van der Waals surface area (Å²) in [7, 11) is 0. The van der Waals surface area contributed by atoms with E-state index >= 15 is 0 Å². The molecule has 4 heteroatoms. The Balaban J connectivity index is 2.47. The maximum Gasteiger partial charge on any atom is 0.159 e. The monoisotopic (exact) mass is 279 g/mol. The van der Waals surface area contributed by atoms with Gasteiger partial charge in [0.2, 0.25) is 0 Å². The molecule has 0 saturated carbocycles. The van der Waals surface area contributed by atoms with E-state index in [2.05, 4.69) is 5.32 Å². The fraction of sp³-hybridized carbons (Fsp3) is 0.250. The van der Waals surface area contributed by atoms with Gasteiger partial charge in [0.1, 0.15) is 5.82 Å². The topological polar surface area (TPSA) is 12.0 Å². The van der Waals surface area contributed by atoms with E-state index in [-0.39, 0.29) is 5.82 Å². The Morgan fingerprint density at radius 2 is 1.70 bits per heavy atom. The number of benzene rings is 2. The normalized spacial score (nSPS) is 12.4. The zero-order chi connectivity index (χ0) is 14.7.